The maximum absolute atomic E-state index is 12.7. The molecule has 162 valence electrons. The van der Waals surface area contributed by atoms with Crippen molar-refractivity contribution in [1.29, 1.82) is 0 Å². The van der Waals surface area contributed by atoms with Gasteiger partial charge < -0.3 is 10.1 Å². The molecular formula is C25H21Cl2N3O2. The minimum atomic E-state index is -0.208. The van der Waals surface area contributed by atoms with Gasteiger partial charge in [-0.3, -0.25) is 9.48 Å². The van der Waals surface area contributed by atoms with Gasteiger partial charge in [0, 0.05) is 21.8 Å². The number of amides is 1. The van der Waals surface area contributed by atoms with Gasteiger partial charge in [0.1, 0.15) is 12.4 Å². The van der Waals surface area contributed by atoms with Crippen LogP contribution < -0.4 is 10.1 Å². The summed E-state index contributed by atoms with van der Waals surface area (Å²) in [6, 6.07) is 20.4. The Morgan fingerprint density at radius 2 is 1.78 bits per heavy atom. The summed E-state index contributed by atoms with van der Waals surface area (Å²) >= 11 is 11.9. The van der Waals surface area contributed by atoms with Crippen LogP contribution in [-0.2, 0) is 13.2 Å². The van der Waals surface area contributed by atoms with Crippen LogP contribution in [0.1, 0.15) is 27.0 Å². The number of aromatic nitrogens is 2. The first kappa shape index (κ1) is 21.9. The van der Waals surface area contributed by atoms with E-state index in [1.807, 2.05) is 61.5 Å². The van der Waals surface area contributed by atoms with E-state index in [0.717, 1.165) is 22.4 Å². The number of benzene rings is 3. The highest BCUT2D eigenvalue weighted by Gasteiger charge is 2.10. The van der Waals surface area contributed by atoms with Crippen molar-refractivity contribution >= 4 is 34.8 Å². The maximum Gasteiger partial charge on any atom is 0.255 e. The first-order chi connectivity index (χ1) is 15.5. The van der Waals surface area contributed by atoms with Gasteiger partial charge in [0.15, 0.2) is 0 Å². The molecule has 0 aliphatic carbocycles. The number of aryl methyl sites for hydroxylation is 1. The van der Waals surface area contributed by atoms with Crippen LogP contribution in [0.2, 0.25) is 10.0 Å². The van der Waals surface area contributed by atoms with Crippen LogP contribution in [0.5, 0.6) is 5.75 Å². The highest BCUT2D eigenvalue weighted by Crippen LogP contribution is 2.23. The Hall–Kier alpha value is -3.28. The fourth-order valence-electron chi connectivity index (χ4n) is 3.23. The summed E-state index contributed by atoms with van der Waals surface area (Å²) in [4.78, 5) is 12.7. The number of carbonyl (C=O) groups excluding carboxylic acids is 1. The summed E-state index contributed by atoms with van der Waals surface area (Å²) in [5.74, 6) is 0.554. The minimum Gasteiger partial charge on any atom is -0.489 e. The highest BCUT2D eigenvalue weighted by atomic mass is 35.5. The van der Waals surface area contributed by atoms with Crippen molar-refractivity contribution in [2.24, 2.45) is 0 Å². The lowest BCUT2D eigenvalue weighted by atomic mass is 10.1. The van der Waals surface area contributed by atoms with E-state index in [1.54, 1.807) is 29.2 Å². The molecular weight excluding hydrogens is 445 g/mol. The zero-order chi connectivity index (χ0) is 22.5. The predicted octanol–water partition coefficient (Wildman–Crippen LogP) is 6.38. The lowest BCUT2D eigenvalue weighted by molar-refractivity contribution is 0.102. The fraction of sp³-hybridized carbons (Fsp3) is 0.120. The number of nitrogens with zero attached hydrogens (tertiary/aromatic N) is 2. The molecule has 0 atom stereocenters. The molecule has 4 aromatic rings. The summed E-state index contributed by atoms with van der Waals surface area (Å²) in [6.07, 6.45) is 3.42. The SMILES string of the molecule is Cc1cc(Cl)ccc1OCc1cccc(C(=O)Nc2cnn(Cc3ccc(Cl)cc3)c2)c1. The molecule has 0 unspecified atom stereocenters. The van der Waals surface area contributed by atoms with Crippen LogP contribution in [0.3, 0.4) is 0 Å². The average Bonchev–Trinajstić information content (AvgIpc) is 3.21. The van der Waals surface area contributed by atoms with Crippen molar-refractivity contribution in [3.63, 3.8) is 0 Å². The van der Waals surface area contributed by atoms with Crippen LogP contribution >= 0.6 is 23.2 Å². The molecule has 1 heterocycles. The van der Waals surface area contributed by atoms with E-state index in [0.29, 0.717) is 34.4 Å². The number of hydrogen-bond acceptors (Lipinski definition) is 3. The van der Waals surface area contributed by atoms with Crippen molar-refractivity contribution in [2.45, 2.75) is 20.1 Å². The fourth-order valence-corrected chi connectivity index (χ4v) is 3.59. The van der Waals surface area contributed by atoms with Crippen molar-refractivity contribution in [3.05, 3.63) is 111 Å². The number of carbonyl (C=O) groups is 1. The lowest BCUT2D eigenvalue weighted by Gasteiger charge is -2.10. The van der Waals surface area contributed by atoms with Gasteiger partial charge in [0.2, 0.25) is 0 Å². The van der Waals surface area contributed by atoms with Crippen molar-refractivity contribution < 1.29 is 9.53 Å². The van der Waals surface area contributed by atoms with Gasteiger partial charge in [-0.05, 0) is 66.1 Å². The van der Waals surface area contributed by atoms with Gasteiger partial charge in [-0.25, -0.2) is 0 Å². The molecule has 5 nitrogen and oxygen atoms in total. The van der Waals surface area contributed by atoms with E-state index in [4.69, 9.17) is 27.9 Å². The molecule has 32 heavy (non-hydrogen) atoms. The Bertz CT molecular complexity index is 1240. The third-order valence-corrected chi connectivity index (χ3v) is 5.36. The van der Waals surface area contributed by atoms with E-state index in [-0.39, 0.29) is 5.91 Å². The summed E-state index contributed by atoms with van der Waals surface area (Å²) in [5, 5.41) is 8.57. The van der Waals surface area contributed by atoms with Crippen molar-refractivity contribution in [1.82, 2.24) is 9.78 Å². The molecule has 0 aliphatic rings. The van der Waals surface area contributed by atoms with Crippen LogP contribution in [0.4, 0.5) is 5.69 Å². The summed E-state index contributed by atoms with van der Waals surface area (Å²) in [5.41, 5.74) is 4.10. The van der Waals surface area contributed by atoms with Gasteiger partial charge in [-0.15, -0.1) is 0 Å². The van der Waals surface area contributed by atoms with Gasteiger partial charge in [-0.1, -0.05) is 47.5 Å². The molecule has 1 amide bonds. The third-order valence-electron chi connectivity index (χ3n) is 4.87. The number of rotatable bonds is 7. The van der Waals surface area contributed by atoms with E-state index >= 15 is 0 Å². The minimum absolute atomic E-state index is 0.208. The maximum atomic E-state index is 12.7. The molecule has 0 fully saturated rings. The summed E-state index contributed by atoms with van der Waals surface area (Å²) < 4.78 is 7.65. The van der Waals surface area contributed by atoms with Crippen LogP contribution in [-0.4, -0.2) is 15.7 Å². The van der Waals surface area contributed by atoms with Crippen molar-refractivity contribution in [3.8, 4) is 5.75 Å². The molecule has 0 saturated carbocycles. The van der Waals surface area contributed by atoms with Gasteiger partial charge >= 0.3 is 0 Å². The second kappa shape index (κ2) is 9.90. The highest BCUT2D eigenvalue weighted by molar-refractivity contribution is 6.30. The smallest absolute Gasteiger partial charge is 0.255 e. The first-order valence-electron chi connectivity index (χ1n) is 10.0. The number of anilines is 1. The Morgan fingerprint density at radius 1 is 1.00 bits per heavy atom. The van der Waals surface area contributed by atoms with E-state index < -0.39 is 0 Å². The third kappa shape index (κ3) is 5.69. The molecule has 4 rings (SSSR count). The Balaban J connectivity index is 1.37. The standard InChI is InChI=1S/C25H21Cl2N3O2/c1-17-11-22(27)9-10-24(17)32-16-19-3-2-4-20(12-19)25(31)29-23-13-28-30(15-23)14-18-5-7-21(26)8-6-18/h2-13,15H,14,16H2,1H3,(H,29,31). The summed E-state index contributed by atoms with van der Waals surface area (Å²) in [6.45, 7) is 2.88. The predicted molar refractivity (Wildman–Crippen MR) is 128 cm³/mol. The topological polar surface area (TPSA) is 56.1 Å². The number of halogens is 2. The molecule has 3 aromatic carbocycles. The van der Waals surface area contributed by atoms with Gasteiger partial charge in [0.05, 0.1) is 18.4 Å². The Morgan fingerprint density at radius 3 is 2.56 bits per heavy atom. The van der Waals surface area contributed by atoms with Gasteiger partial charge in [0.25, 0.3) is 5.91 Å². The second-order valence-corrected chi connectivity index (χ2v) is 8.28. The summed E-state index contributed by atoms with van der Waals surface area (Å²) in [7, 11) is 0. The first-order valence-corrected chi connectivity index (χ1v) is 10.8. The average molecular weight is 466 g/mol. The molecule has 1 aromatic heterocycles. The Labute approximate surface area is 196 Å². The normalized spacial score (nSPS) is 10.7. The number of ether oxygens (including phenoxy) is 1. The Kier molecular flexibility index (Phi) is 6.78. The molecule has 7 heteroatoms. The quantitative estimate of drug-likeness (QED) is 0.344. The van der Waals surface area contributed by atoms with Crippen LogP contribution in [0, 0.1) is 6.92 Å². The van der Waals surface area contributed by atoms with Crippen molar-refractivity contribution in [2.75, 3.05) is 5.32 Å². The zero-order valence-electron chi connectivity index (χ0n) is 17.4. The molecule has 0 saturated heterocycles. The monoisotopic (exact) mass is 465 g/mol. The molecule has 0 radical (unpaired) electrons. The van der Waals surface area contributed by atoms with Crippen LogP contribution in [0.25, 0.3) is 0 Å². The molecule has 0 aliphatic heterocycles. The number of nitrogens with one attached hydrogen (secondary N) is 1. The molecule has 0 bridgehead atoms. The van der Waals surface area contributed by atoms with Gasteiger partial charge in [-0.2, -0.15) is 5.10 Å². The van der Waals surface area contributed by atoms with Crippen LogP contribution in [0.15, 0.2) is 79.1 Å². The van der Waals surface area contributed by atoms with E-state index in [1.165, 1.54) is 0 Å². The lowest BCUT2D eigenvalue weighted by Crippen LogP contribution is -2.12. The second-order valence-electron chi connectivity index (χ2n) is 7.41. The number of hydrogen-bond donors (Lipinski definition) is 1. The van der Waals surface area contributed by atoms with E-state index in [2.05, 4.69) is 10.4 Å². The molecule has 0 spiro atoms. The molecule has 1 N–H and O–H groups in total. The zero-order valence-corrected chi connectivity index (χ0v) is 18.9. The van der Waals surface area contributed by atoms with E-state index in [9.17, 15) is 4.79 Å². The largest absolute Gasteiger partial charge is 0.489 e.